The van der Waals surface area contributed by atoms with Gasteiger partial charge >= 0.3 is 0 Å². The molecule has 3 rings (SSSR count). The first kappa shape index (κ1) is 19.9. The highest BCUT2D eigenvalue weighted by molar-refractivity contribution is 6.15. The molecule has 3 aromatic rings. The fourth-order valence-electron chi connectivity index (χ4n) is 2.54. The molecule has 0 saturated carbocycles. The Morgan fingerprint density at radius 3 is 2.38 bits per heavy atom. The second kappa shape index (κ2) is 8.88. The highest BCUT2D eigenvalue weighted by Crippen LogP contribution is 2.19. The van der Waals surface area contributed by atoms with E-state index in [1.807, 2.05) is 6.07 Å². The number of nitrogens with zero attached hydrogens (tertiary/aromatic N) is 2. The molecule has 0 spiro atoms. The summed E-state index contributed by atoms with van der Waals surface area (Å²) in [7, 11) is 0. The number of carbonyl (C=O) groups excluding carboxylic acids is 3. The molecule has 0 radical (unpaired) electrons. The van der Waals surface area contributed by atoms with E-state index in [0.29, 0.717) is 22.4 Å². The summed E-state index contributed by atoms with van der Waals surface area (Å²) in [5.41, 5.74) is 1.44. The summed E-state index contributed by atoms with van der Waals surface area (Å²) >= 11 is 0. The van der Waals surface area contributed by atoms with E-state index >= 15 is 0 Å². The van der Waals surface area contributed by atoms with Gasteiger partial charge in [-0.1, -0.05) is 44.2 Å². The van der Waals surface area contributed by atoms with Gasteiger partial charge in [-0.3, -0.25) is 19.4 Å². The Morgan fingerprint density at radius 2 is 1.66 bits per heavy atom. The normalized spacial score (nSPS) is 10.4. The van der Waals surface area contributed by atoms with Gasteiger partial charge in [-0.2, -0.15) is 0 Å². The minimum absolute atomic E-state index is 0.196. The van der Waals surface area contributed by atoms with E-state index in [9.17, 15) is 14.4 Å². The number of aromatic nitrogens is 2. The van der Waals surface area contributed by atoms with Crippen LogP contribution in [0.25, 0.3) is 0 Å². The van der Waals surface area contributed by atoms with E-state index in [1.54, 1.807) is 44.2 Å². The maximum Gasteiger partial charge on any atom is 0.255 e. The first-order chi connectivity index (χ1) is 14.0. The molecule has 2 heterocycles. The van der Waals surface area contributed by atoms with Gasteiger partial charge in [-0.05, 0) is 18.2 Å². The lowest BCUT2D eigenvalue weighted by Crippen LogP contribution is -2.19. The molecule has 0 aliphatic heterocycles. The smallest absolute Gasteiger partial charge is 0.255 e. The Morgan fingerprint density at radius 1 is 0.897 bits per heavy atom. The number of pyridine rings is 2. The van der Waals surface area contributed by atoms with Crippen LogP contribution in [0.2, 0.25) is 0 Å². The van der Waals surface area contributed by atoms with Gasteiger partial charge in [0.1, 0.15) is 5.82 Å². The van der Waals surface area contributed by atoms with Crippen molar-refractivity contribution in [1.29, 1.82) is 0 Å². The summed E-state index contributed by atoms with van der Waals surface area (Å²) in [5.74, 6) is -0.789. The highest BCUT2D eigenvalue weighted by atomic mass is 16.2. The van der Waals surface area contributed by atoms with Crippen LogP contribution in [-0.4, -0.2) is 27.6 Å². The summed E-state index contributed by atoms with van der Waals surface area (Å²) in [6, 6.07) is 13.4. The lowest BCUT2D eigenvalue weighted by atomic mass is 10.0. The number of carbonyl (C=O) groups is 3. The summed E-state index contributed by atoms with van der Waals surface area (Å²) in [6.07, 6.45) is 4.36. The summed E-state index contributed by atoms with van der Waals surface area (Å²) in [5, 5.41) is 5.37. The predicted octanol–water partition coefficient (Wildman–Crippen LogP) is 3.55. The molecule has 0 fully saturated rings. The molecule has 0 aliphatic carbocycles. The zero-order chi connectivity index (χ0) is 20.8. The van der Waals surface area contributed by atoms with Crippen molar-refractivity contribution >= 4 is 29.1 Å². The zero-order valence-electron chi connectivity index (χ0n) is 16.0. The maximum atomic E-state index is 12.8. The standard InChI is InChI=1S/C22H20N4O3/c1-14(2)21(28)26-19-12-16(8-11-24-19)22(29)25-18-13-23-10-9-17(18)20(27)15-6-4-3-5-7-15/h3-14H,1-2H3,(H,25,29)(H,24,26,28). The predicted molar refractivity (Wildman–Crippen MR) is 110 cm³/mol. The Balaban J connectivity index is 1.82. The van der Waals surface area contributed by atoms with Crippen LogP contribution >= 0.6 is 0 Å². The van der Waals surface area contributed by atoms with Crippen LogP contribution in [0.5, 0.6) is 0 Å². The SMILES string of the molecule is CC(C)C(=O)Nc1cc(C(=O)Nc2cnccc2C(=O)c2ccccc2)ccn1. The third-order valence-corrected chi connectivity index (χ3v) is 4.15. The number of anilines is 2. The van der Waals surface area contributed by atoms with Crippen LogP contribution in [0.15, 0.2) is 67.1 Å². The van der Waals surface area contributed by atoms with Crippen molar-refractivity contribution in [1.82, 2.24) is 9.97 Å². The average molecular weight is 388 g/mol. The summed E-state index contributed by atoms with van der Waals surface area (Å²) < 4.78 is 0. The molecule has 0 aliphatic rings. The van der Waals surface area contributed by atoms with E-state index in [4.69, 9.17) is 0 Å². The number of hydrogen-bond donors (Lipinski definition) is 2. The average Bonchev–Trinajstić information content (AvgIpc) is 2.74. The number of ketones is 1. The second-order valence-electron chi connectivity index (χ2n) is 6.64. The van der Waals surface area contributed by atoms with Crippen molar-refractivity contribution in [2.24, 2.45) is 5.92 Å². The van der Waals surface area contributed by atoms with E-state index in [2.05, 4.69) is 20.6 Å². The van der Waals surface area contributed by atoms with Crippen LogP contribution in [0.4, 0.5) is 11.5 Å². The van der Waals surface area contributed by atoms with Gasteiger partial charge in [-0.25, -0.2) is 4.98 Å². The zero-order valence-corrected chi connectivity index (χ0v) is 16.0. The molecule has 7 nitrogen and oxygen atoms in total. The molecule has 29 heavy (non-hydrogen) atoms. The van der Waals surface area contributed by atoms with Gasteiger partial charge in [0.05, 0.1) is 11.9 Å². The molecule has 7 heteroatoms. The fourth-order valence-corrected chi connectivity index (χ4v) is 2.54. The first-order valence-electron chi connectivity index (χ1n) is 9.07. The quantitative estimate of drug-likeness (QED) is 0.629. The van der Waals surface area contributed by atoms with E-state index in [1.165, 1.54) is 30.7 Å². The van der Waals surface area contributed by atoms with E-state index < -0.39 is 5.91 Å². The summed E-state index contributed by atoms with van der Waals surface area (Å²) in [6.45, 7) is 3.53. The third-order valence-electron chi connectivity index (χ3n) is 4.15. The topological polar surface area (TPSA) is 101 Å². The van der Waals surface area contributed by atoms with Gasteiger partial charge in [0.2, 0.25) is 5.91 Å². The number of benzene rings is 1. The monoisotopic (exact) mass is 388 g/mol. The van der Waals surface area contributed by atoms with E-state index in [-0.39, 0.29) is 23.4 Å². The van der Waals surface area contributed by atoms with Gasteiger partial charge in [0, 0.05) is 35.0 Å². The Labute approximate surface area is 168 Å². The van der Waals surface area contributed by atoms with Gasteiger partial charge in [0.15, 0.2) is 5.78 Å². The highest BCUT2D eigenvalue weighted by Gasteiger charge is 2.17. The van der Waals surface area contributed by atoms with Crippen molar-refractivity contribution in [2.75, 3.05) is 10.6 Å². The van der Waals surface area contributed by atoms with Crippen LogP contribution in [0.3, 0.4) is 0 Å². The molecule has 0 atom stereocenters. The largest absolute Gasteiger partial charge is 0.320 e. The molecule has 0 saturated heterocycles. The fraction of sp³-hybridized carbons (Fsp3) is 0.136. The Hall–Kier alpha value is -3.87. The Bertz CT molecular complexity index is 1050. The van der Waals surface area contributed by atoms with Crippen LogP contribution in [0, 0.1) is 5.92 Å². The number of amides is 2. The molecule has 0 unspecified atom stereocenters. The number of rotatable bonds is 6. The molecule has 2 N–H and O–H groups in total. The van der Waals surface area contributed by atoms with Crippen molar-refractivity contribution in [3.05, 3.63) is 83.8 Å². The molecular weight excluding hydrogens is 368 g/mol. The second-order valence-corrected chi connectivity index (χ2v) is 6.64. The van der Waals surface area contributed by atoms with Gasteiger partial charge < -0.3 is 10.6 Å². The van der Waals surface area contributed by atoms with Crippen molar-refractivity contribution in [3.63, 3.8) is 0 Å². The third kappa shape index (κ3) is 4.90. The molecule has 146 valence electrons. The van der Waals surface area contributed by atoms with Crippen LogP contribution in [0.1, 0.15) is 40.1 Å². The van der Waals surface area contributed by atoms with Gasteiger partial charge in [0.25, 0.3) is 5.91 Å². The lowest BCUT2D eigenvalue weighted by Gasteiger charge is -2.11. The summed E-state index contributed by atoms with van der Waals surface area (Å²) in [4.78, 5) is 45.4. The van der Waals surface area contributed by atoms with Crippen molar-refractivity contribution in [3.8, 4) is 0 Å². The van der Waals surface area contributed by atoms with Crippen LogP contribution in [-0.2, 0) is 4.79 Å². The minimum atomic E-state index is -0.442. The number of hydrogen-bond acceptors (Lipinski definition) is 5. The number of nitrogens with one attached hydrogen (secondary N) is 2. The maximum absolute atomic E-state index is 12.8. The molecule has 2 amide bonds. The molecular formula is C22H20N4O3. The van der Waals surface area contributed by atoms with Crippen molar-refractivity contribution < 1.29 is 14.4 Å². The van der Waals surface area contributed by atoms with Gasteiger partial charge in [-0.15, -0.1) is 0 Å². The van der Waals surface area contributed by atoms with Crippen molar-refractivity contribution in [2.45, 2.75) is 13.8 Å². The molecule has 1 aromatic carbocycles. The molecule has 2 aromatic heterocycles. The van der Waals surface area contributed by atoms with E-state index in [0.717, 1.165) is 0 Å². The minimum Gasteiger partial charge on any atom is -0.320 e. The first-order valence-corrected chi connectivity index (χ1v) is 9.07. The lowest BCUT2D eigenvalue weighted by molar-refractivity contribution is -0.118. The Kier molecular flexibility index (Phi) is 6.09. The molecule has 0 bridgehead atoms. The van der Waals surface area contributed by atoms with Crippen LogP contribution < -0.4 is 10.6 Å².